The summed E-state index contributed by atoms with van der Waals surface area (Å²) in [5, 5.41) is 9.92. The van der Waals surface area contributed by atoms with Gasteiger partial charge in [0.2, 0.25) is 0 Å². The summed E-state index contributed by atoms with van der Waals surface area (Å²) in [7, 11) is 0. The normalized spacial score (nSPS) is 12.6. The maximum atomic E-state index is 9.92. The number of anilines is 1. The van der Waals surface area contributed by atoms with Crippen LogP contribution in [0.25, 0.3) is 0 Å². The molecule has 0 radical (unpaired) electrons. The molecule has 2 rings (SSSR count). The second-order valence-electron chi connectivity index (χ2n) is 3.56. The molecular formula is C12H14N2O. The molecule has 78 valence electrons. The molecule has 2 aromatic rings. The zero-order valence-corrected chi connectivity index (χ0v) is 8.38. The Bertz CT molecular complexity index is 406. The van der Waals surface area contributed by atoms with E-state index in [0.29, 0.717) is 12.2 Å². The first-order valence-electron chi connectivity index (χ1n) is 4.90. The van der Waals surface area contributed by atoms with E-state index >= 15 is 0 Å². The van der Waals surface area contributed by atoms with Crippen molar-refractivity contribution in [3.05, 3.63) is 54.4 Å². The number of nitrogens with two attached hydrogens (primary N) is 1. The molecule has 0 spiro atoms. The molecule has 0 fully saturated rings. The Morgan fingerprint density at radius 3 is 2.33 bits per heavy atom. The lowest BCUT2D eigenvalue weighted by Crippen LogP contribution is -2.06. The van der Waals surface area contributed by atoms with Gasteiger partial charge >= 0.3 is 0 Å². The predicted octanol–water partition coefficient (Wildman–Crippen LogP) is 1.80. The van der Waals surface area contributed by atoms with Gasteiger partial charge in [0, 0.05) is 18.1 Å². The summed E-state index contributed by atoms with van der Waals surface area (Å²) in [6.45, 7) is 0.566. The van der Waals surface area contributed by atoms with Crippen LogP contribution in [0.2, 0.25) is 0 Å². The molecule has 3 nitrogen and oxygen atoms in total. The molecule has 0 saturated heterocycles. The van der Waals surface area contributed by atoms with Crippen molar-refractivity contribution in [3.63, 3.8) is 0 Å². The predicted molar refractivity (Wildman–Crippen MR) is 60.2 cm³/mol. The minimum absolute atomic E-state index is 0.488. The number of aliphatic hydroxyl groups is 1. The lowest BCUT2D eigenvalue weighted by Gasteiger charge is -2.12. The van der Waals surface area contributed by atoms with Gasteiger partial charge in [0.1, 0.15) is 0 Å². The van der Waals surface area contributed by atoms with Gasteiger partial charge in [-0.25, -0.2) is 0 Å². The molecule has 0 aliphatic carbocycles. The van der Waals surface area contributed by atoms with Gasteiger partial charge in [0.05, 0.1) is 12.6 Å². The number of hydrogen-bond donors (Lipinski definition) is 2. The second kappa shape index (κ2) is 4.19. The van der Waals surface area contributed by atoms with Gasteiger partial charge in [-0.2, -0.15) is 0 Å². The highest BCUT2D eigenvalue weighted by atomic mass is 16.3. The van der Waals surface area contributed by atoms with Gasteiger partial charge < -0.3 is 15.4 Å². The summed E-state index contributed by atoms with van der Waals surface area (Å²) in [6, 6.07) is 11.2. The van der Waals surface area contributed by atoms with E-state index in [1.54, 1.807) is 12.1 Å². The molecule has 0 aliphatic rings. The van der Waals surface area contributed by atoms with Crippen LogP contribution in [0.15, 0.2) is 48.8 Å². The number of nitrogens with zero attached hydrogens (tertiary/aromatic N) is 1. The zero-order chi connectivity index (χ0) is 10.7. The van der Waals surface area contributed by atoms with E-state index in [-0.39, 0.29) is 0 Å². The fraction of sp³-hybridized carbons (Fsp3) is 0.167. The standard InChI is InChI=1S/C12H14N2O/c13-11-5-3-10(4-6-11)12(15)9-14-7-1-2-8-14/h1-8,12,15H,9,13H2. The highest BCUT2D eigenvalue weighted by Crippen LogP contribution is 2.16. The molecule has 3 N–H and O–H groups in total. The van der Waals surface area contributed by atoms with E-state index in [2.05, 4.69) is 0 Å². The van der Waals surface area contributed by atoms with E-state index < -0.39 is 6.10 Å². The fourth-order valence-electron chi connectivity index (χ4n) is 1.52. The first kappa shape index (κ1) is 9.80. The largest absolute Gasteiger partial charge is 0.399 e. The molecule has 0 aliphatic heterocycles. The Labute approximate surface area is 88.8 Å². The quantitative estimate of drug-likeness (QED) is 0.746. The van der Waals surface area contributed by atoms with Crippen molar-refractivity contribution in [2.75, 3.05) is 5.73 Å². The SMILES string of the molecule is Nc1ccc(C(O)Cn2cccc2)cc1. The smallest absolute Gasteiger partial charge is 0.0968 e. The highest BCUT2D eigenvalue weighted by molar-refractivity contribution is 5.39. The Morgan fingerprint density at radius 2 is 1.73 bits per heavy atom. The van der Waals surface area contributed by atoms with Crippen molar-refractivity contribution in [2.24, 2.45) is 0 Å². The maximum absolute atomic E-state index is 9.92. The van der Waals surface area contributed by atoms with E-state index in [4.69, 9.17) is 5.73 Å². The van der Waals surface area contributed by atoms with Crippen LogP contribution in [0, 0.1) is 0 Å². The van der Waals surface area contributed by atoms with Crippen molar-refractivity contribution in [1.29, 1.82) is 0 Å². The number of hydrogen-bond acceptors (Lipinski definition) is 2. The maximum Gasteiger partial charge on any atom is 0.0968 e. The minimum atomic E-state index is -0.488. The number of nitrogen functional groups attached to an aromatic ring is 1. The van der Waals surface area contributed by atoms with Crippen LogP contribution in [-0.4, -0.2) is 9.67 Å². The van der Waals surface area contributed by atoms with Crippen molar-refractivity contribution < 1.29 is 5.11 Å². The van der Waals surface area contributed by atoms with Gasteiger partial charge in [-0.15, -0.1) is 0 Å². The number of rotatable bonds is 3. The van der Waals surface area contributed by atoms with Gasteiger partial charge in [-0.05, 0) is 29.8 Å². The van der Waals surface area contributed by atoms with Gasteiger partial charge in [0.25, 0.3) is 0 Å². The van der Waals surface area contributed by atoms with Crippen LogP contribution in [0.5, 0.6) is 0 Å². The molecule has 3 heteroatoms. The molecule has 15 heavy (non-hydrogen) atoms. The Hall–Kier alpha value is -1.74. The van der Waals surface area contributed by atoms with E-state index in [1.807, 2.05) is 41.2 Å². The molecule has 0 bridgehead atoms. The molecule has 1 aromatic carbocycles. The monoisotopic (exact) mass is 202 g/mol. The Kier molecular flexibility index (Phi) is 2.74. The van der Waals surface area contributed by atoms with Crippen LogP contribution >= 0.6 is 0 Å². The van der Waals surface area contributed by atoms with Gasteiger partial charge in [-0.1, -0.05) is 12.1 Å². The molecule has 1 atom stereocenters. The molecule has 0 saturated carbocycles. The van der Waals surface area contributed by atoms with Crippen LogP contribution in [0.1, 0.15) is 11.7 Å². The first-order valence-corrected chi connectivity index (χ1v) is 4.90. The van der Waals surface area contributed by atoms with Crippen LogP contribution < -0.4 is 5.73 Å². The summed E-state index contributed by atoms with van der Waals surface area (Å²) in [6.07, 6.45) is 3.37. The van der Waals surface area contributed by atoms with Crippen molar-refractivity contribution in [2.45, 2.75) is 12.6 Å². The minimum Gasteiger partial charge on any atom is -0.399 e. The number of aromatic nitrogens is 1. The molecule has 1 unspecified atom stereocenters. The van der Waals surface area contributed by atoms with Crippen LogP contribution in [-0.2, 0) is 6.54 Å². The van der Waals surface area contributed by atoms with E-state index in [0.717, 1.165) is 5.56 Å². The van der Waals surface area contributed by atoms with Gasteiger partial charge in [-0.3, -0.25) is 0 Å². The van der Waals surface area contributed by atoms with Crippen molar-refractivity contribution in [3.8, 4) is 0 Å². The van der Waals surface area contributed by atoms with Crippen molar-refractivity contribution >= 4 is 5.69 Å². The van der Waals surface area contributed by atoms with Gasteiger partial charge in [0.15, 0.2) is 0 Å². The summed E-state index contributed by atoms with van der Waals surface area (Å²) in [5.41, 5.74) is 7.18. The summed E-state index contributed by atoms with van der Waals surface area (Å²) in [5.74, 6) is 0. The topological polar surface area (TPSA) is 51.2 Å². The number of aliphatic hydroxyl groups excluding tert-OH is 1. The zero-order valence-electron chi connectivity index (χ0n) is 8.38. The third-order valence-corrected chi connectivity index (χ3v) is 2.37. The number of benzene rings is 1. The fourth-order valence-corrected chi connectivity index (χ4v) is 1.52. The molecule has 1 aromatic heterocycles. The lowest BCUT2D eigenvalue weighted by molar-refractivity contribution is 0.156. The van der Waals surface area contributed by atoms with Crippen molar-refractivity contribution in [1.82, 2.24) is 4.57 Å². The second-order valence-corrected chi connectivity index (χ2v) is 3.56. The summed E-state index contributed by atoms with van der Waals surface area (Å²) >= 11 is 0. The average Bonchev–Trinajstić information content (AvgIpc) is 2.71. The third-order valence-electron chi connectivity index (χ3n) is 2.37. The lowest BCUT2D eigenvalue weighted by atomic mass is 10.1. The Balaban J connectivity index is 2.08. The average molecular weight is 202 g/mol. The summed E-state index contributed by atoms with van der Waals surface area (Å²) in [4.78, 5) is 0. The van der Waals surface area contributed by atoms with E-state index in [9.17, 15) is 5.11 Å². The third kappa shape index (κ3) is 2.39. The molecular weight excluding hydrogens is 188 g/mol. The van der Waals surface area contributed by atoms with Crippen LogP contribution in [0.3, 0.4) is 0 Å². The van der Waals surface area contributed by atoms with Crippen LogP contribution in [0.4, 0.5) is 5.69 Å². The highest BCUT2D eigenvalue weighted by Gasteiger charge is 2.06. The summed E-state index contributed by atoms with van der Waals surface area (Å²) < 4.78 is 1.95. The Morgan fingerprint density at radius 1 is 1.13 bits per heavy atom. The van der Waals surface area contributed by atoms with E-state index in [1.165, 1.54) is 0 Å². The molecule has 1 heterocycles. The molecule has 0 amide bonds. The first-order chi connectivity index (χ1) is 7.25.